The molecule has 0 aliphatic carbocycles. The van der Waals surface area contributed by atoms with E-state index in [1.54, 1.807) is 42.5 Å². The Balaban J connectivity index is 1.62. The van der Waals surface area contributed by atoms with Crippen molar-refractivity contribution in [1.82, 2.24) is 0 Å². The number of aryl methyl sites for hydroxylation is 1. The van der Waals surface area contributed by atoms with Crippen LogP contribution in [0, 0.1) is 0 Å². The average Bonchev–Trinajstić information content (AvgIpc) is 2.78. The normalized spacial score (nSPS) is 12.2. The van der Waals surface area contributed by atoms with Crippen LogP contribution in [0.25, 0.3) is 11.0 Å². The van der Waals surface area contributed by atoms with Gasteiger partial charge < -0.3 is 4.42 Å². The maximum absolute atomic E-state index is 13.4. The molecule has 0 aliphatic heterocycles. The molecule has 0 atom stereocenters. The van der Waals surface area contributed by atoms with Crippen LogP contribution in [-0.4, -0.2) is 8.42 Å². The maximum atomic E-state index is 13.4. The zero-order chi connectivity index (χ0) is 23.8. The van der Waals surface area contributed by atoms with Crippen LogP contribution in [0.5, 0.6) is 0 Å². The molecule has 0 spiro atoms. The Labute approximate surface area is 188 Å². The zero-order valence-corrected chi connectivity index (χ0v) is 18.3. The largest absolute Gasteiger partial charge is 0.423 e. The fourth-order valence-corrected chi connectivity index (χ4v) is 4.88. The third-order valence-electron chi connectivity index (χ3n) is 5.40. The summed E-state index contributed by atoms with van der Waals surface area (Å²) >= 11 is 0. The minimum atomic E-state index is -4.70. The maximum Gasteiger partial charge on any atom is 0.417 e. The summed E-state index contributed by atoms with van der Waals surface area (Å²) in [6.07, 6.45) is -3.61. The van der Waals surface area contributed by atoms with Gasteiger partial charge in [0.1, 0.15) is 5.58 Å². The van der Waals surface area contributed by atoms with Crippen LogP contribution >= 0.6 is 0 Å². The van der Waals surface area contributed by atoms with E-state index in [1.165, 1.54) is 24.3 Å². The number of benzene rings is 3. The van der Waals surface area contributed by atoms with Crippen LogP contribution in [0.2, 0.25) is 0 Å². The van der Waals surface area contributed by atoms with Crippen molar-refractivity contribution in [2.45, 2.75) is 35.7 Å². The molecule has 0 N–H and O–H groups in total. The van der Waals surface area contributed by atoms with Crippen molar-refractivity contribution < 1.29 is 26.0 Å². The third-order valence-corrected chi connectivity index (χ3v) is 7.18. The monoisotopic (exact) mass is 472 g/mol. The highest BCUT2D eigenvalue weighted by atomic mass is 32.2. The molecular weight excluding hydrogens is 453 g/mol. The summed E-state index contributed by atoms with van der Waals surface area (Å²) in [5, 5.41) is -0.200. The Morgan fingerprint density at radius 2 is 1.33 bits per heavy atom. The van der Waals surface area contributed by atoms with E-state index in [4.69, 9.17) is 4.42 Å². The molecule has 4 nitrogen and oxygen atoms in total. The van der Waals surface area contributed by atoms with E-state index in [2.05, 4.69) is 0 Å². The van der Waals surface area contributed by atoms with E-state index in [0.717, 1.165) is 17.5 Å². The summed E-state index contributed by atoms with van der Waals surface area (Å²) in [5.41, 5.74) is 0.0600. The Morgan fingerprint density at radius 3 is 1.88 bits per heavy atom. The lowest BCUT2D eigenvalue weighted by molar-refractivity contribution is -0.136. The van der Waals surface area contributed by atoms with E-state index >= 15 is 0 Å². The SMILES string of the molecule is CCc1ccc(S(=O)(=O)c2ccc(Cc3ccc4oc(=O)cc(C(F)(F)F)c4c3)cc2)cc1. The van der Waals surface area contributed by atoms with Gasteiger partial charge in [0.05, 0.1) is 15.4 Å². The van der Waals surface area contributed by atoms with E-state index < -0.39 is 27.2 Å². The molecule has 0 saturated heterocycles. The van der Waals surface area contributed by atoms with Crippen LogP contribution in [0.4, 0.5) is 13.2 Å². The van der Waals surface area contributed by atoms with Gasteiger partial charge in [0, 0.05) is 11.5 Å². The van der Waals surface area contributed by atoms with Crippen molar-refractivity contribution >= 4 is 20.8 Å². The first-order valence-corrected chi connectivity index (χ1v) is 11.6. The van der Waals surface area contributed by atoms with Gasteiger partial charge in [-0.1, -0.05) is 37.3 Å². The van der Waals surface area contributed by atoms with Gasteiger partial charge in [0.15, 0.2) is 0 Å². The van der Waals surface area contributed by atoms with Crippen LogP contribution in [0.15, 0.2) is 91.8 Å². The quantitative estimate of drug-likeness (QED) is 0.345. The lowest BCUT2D eigenvalue weighted by atomic mass is 10.0. The molecule has 0 bridgehead atoms. The summed E-state index contributed by atoms with van der Waals surface area (Å²) in [7, 11) is -3.68. The van der Waals surface area contributed by atoms with Crippen molar-refractivity contribution in [2.24, 2.45) is 0 Å². The highest BCUT2D eigenvalue weighted by Crippen LogP contribution is 2.34. The number of sulfone groups is 1. The van der Waals surface area contributed by atoms with Gasteiger partial charge in [-0.15, -0.1) is 0 Å². The highest BCUT2D eigenvalue weighted by Gasteiger charge is 2.33. The molecule has 8 heteroatoms. The molecule has 1 heterocycles. The molecule has 4 rings (SSSR count). The molecule has 3 aromatic carbocycles. The minimum Gasteiger partial charge on any atom is -0.423 e. The van der Waals surface area contributed by atoms with Gasteiger partial charge >= 0.3 is 11.8 Å². The first kappa shape index (κ1) is 22.8. The van der Waals surface area contributed by atoms with Crippen molar-refractivity contribution in [3.8, 4) is 0 Å². The first-order chi connectivity index (χ1) is 15.6. The lowest BCUT2D eigenvalue weighted by Gasteiger charge is -2.11. The predicted molar refractivity (Wildman–Crippen MR) is 118 cm³/mol. The molecule has 170 valence electrons. The third kappa shape index (κ3) is 4.71. The Bertz CT molecular complexity index is 1470. The molecule has 0 aliphatic rings. The van der Waals surface area contributed by atoms with E-state index in [-0.39, 0.29) is 27.2 Å². The Morgan fingerprint density at radius 1 is 0.788 bits per heavy atom. The Hall–Kier alpha value is -3.39. The summed E-state index contributed by atoms with van der Waals surface area (Å²) < 4.78 is 70.7. The summed E-state index contributed by atoms with van der Waals surface area (Å²) in [4.78, 5) is 11.8. The fourth-order valence-electron chi connectivity index (χ4n) is 3.62. The van der Waals surface area contributed by atoms with Crippen LogP contribution in [0.3, 0.4) is 0 Å². The van der Waals surface area contributed by atoms with E-state index in [0.29, 0.717) is 11.6 Å². The van der Waals surface area contributed by atoms with Crippen molar-refractivity contribution in [3.05, 3.63) is 105 Å². The number of fused-ring (bicyclic) bond motifs is 1. The minimum absolute atomic E-state index is 0.134. The van der Waals surface area contributed by atoms with E-state index in [1.807, 2.05) is 6.92 Å². The predicted octanol–water partition coefficient (Wildman–Crippen LogP) is 5.80. The number of rotatable bonds is 5. The standard InChI is InChI=1S/C25H19F3O4S/c1-2-16-3-8-19(9-4-16)33(30,31)20-10-5-17(6-11-20)13-18-7-12-23-21(14-18)22(25(26,27)28)15-24(29)32-23/h3-12,14-15H,2,13H2,1H3. The fraction of sp³-hybridized carbons (Fsp3) is 0.160. The second kappa shape index (κ2) is 8.51. The van der Waals surface area contributed by atoms with Crippen LogP contribution in [0.1, 0.15) is 29.2 Å². The number of alkyl halides is 3. The van der Waals surface area contributed by atoms with Gasteiger partial charge in [-0.2, -0.15) is 13.2 Å². The molecule has 0 radical (unpaired) electrons. The molecule has 0 unspecified atom stereocenters. The van der Waals surface area contributed by atoms with Gasteiger partial charge in [-0.05, 0) is 65.9 Å². The lowest BCUT2D eigenvalue weighted by Crippen LogP contribution is -2.11. The van der Waals surface area contributed by atoms with Gasteiger partial charge in [-0.3, -0.25) is 0 Å². The Kier molecular flexibility index (Phi) is 5.88. The number of hydrogen-bond donors (Lipinski definition) is 0. The number of hydrogen-bond acceptors (Lipinski definition) is 4. The van der Waals surface area contributed by atoms with Crippen LogP contribution in [-0.2, 0) is 28.9 Å². The van der Waals surface area contributed by atoms with Crippen LogP contribution < -0.4 is 5.63 Å². The topological polar surface area (TPSA) is 64.3 Å². The average molecular weight is 472 g/mol. The van der Waals surface area contributed by atoms with Gasteiger partial charge in [0.2, 0.25) is 9.84 Å². The molecular formula is C25H19F3O4S. The molecule has 0 amide bonds. The summed E-state index contributed by atoms with van der Waals surface area (Å²) in [6, 6.07) is 17.6. The molecule has 0 saturated carbocycles. The van der Waals surface area contributed by atoms with Crippen molar-refractivity contribution in [2.75, 3.05) is 0 Å². The number of halogens is 3. The van der Waals surface area contributed by atoms with Gasteiger partial charge in [0.25, 0.3) is 0 Å². The van der Waals surface area contributed by atoms with Gasteiger partial charge in [-0.25, -0.2) is 13.2 Å². The molecule has 33 heavy (non-hydrogen) atoms. The molecule has 1 aromatic heterocycles. The smallest absolute Gasteiger partial charge is 0.417 e. The van der Waals surface area contributed by atoms with Crippen molar-refractivity contribution in [3.63, 3.8) is 0 Å². The van der Waals surface area contributed by atoms with Crippen molar-refractivity contribution in [1.29, 1.82) is 0 Å². The second-order valence-corrected chi connectivity index (χ2v) is 9.58. The first-order valence-electron chi connectivity index (χ1n) is 10.1. The second-order valence-electron chi connectivity index (χ2n) is 7.63. The van der Waals surface area contributed by atoms with E-state index in [9.17, 15) is 26.4 Å². The highest BCUT2D eigenvalue weighted by molar-refractivity contribution is 7.91. The summed E-state index contributed by atoms with van der Waals surface area (Å²) in [5.74, 6) is 0. The summed E-state index contributed by atoms with van der Waals surface area (Å²) in [6.45, 7) is 1.98. The molecule has 0 fully saturated rings. The molecule has 4 aromatic rings. The zero-order valence-electron chi connectivity index (χ0n) is 17.5.